The van der Waals surface area contributed by atoms with E-state index in [0.717, 1.165) is 12.8 Å². The van der Waals surface area contributed by atoms with E-state index in [1.165, 1.54) is 12.8 Å². The first-order chi connectivity index (χ1) is 4.81. The van der Waals surface area contributed by atoms with Gasteiger partial charge in [-0.1, -0.05) is 38.3 Å². The second-order valence-corrected chi connectivity index (χ2v) is 2.59. The van der Waals surface area contributed by atoms with Crippen molar-refractivity contribution >= 4 is 0 Å². The van der Waals surface area contributed by atoms with Gasteiger partial charge in [0.15, 0.2) is 0 Å². The van der Waals surface area contributed by atoms with E-state index in [0.29, 0.717) is 0 Å². The van der Waals surface area contributed by atoms with Crippen LogP contribution in [0.15, 0.2) is 12.2 Å². The minimum absolute atomic E-state index is 0.212. The monoisotopic (exact) mass is 142 g/mol. The van der Waals surface area contributed by atoms with E-state index in [2.05, 4.69) is 6.92 Å². The van der Waals surface area contributed by atoms with Gasteiger partial charge < -0.3 is 5.11 Å². The lowest BCUT2D eigenvalue weighted by atomic mass is 10.1. The molecule has 0 heterocycles. The van der Waals surface area contributed by atoms with Crippen molar-refractivity contribution in [3.05, 3.63) is 12.2 Å². The first-order valence-electron chi connectivity index (χ1n) is 4.12. The summed E-state index contributed by atoms with van der Waals surface area (Å²) < 4.78 is 0. The number of aliphatic hydroxyl groups excluding tert-OH is 1. The van der Waals surface area contributed by atoms with Gasteiger partial charge in [0.1, 0.15) is 0 Å². The van der Waals surface area contributed by atoms with Gasteiger partial charge in [-0.2, -0.15) is 0 Å². The minimum atomic E-state index is -0.212. The Morgan fingerprint density at radius 2 is 2.10 bits per heavy atom. The van der Waals surface area contributed by atoms with Gasteiger partial charge in [0.25, 0.3) is 0 Å². The average molecular weight is 142 g/mol. The highest BCUT2D eigenvalue weighted by atomic mass is 16.3. The zero-order chi connectivity index (χ0) is 7.82. The maximum absolute atomic E-state index is 9.19. The number of hydrogen-bond acceptors (Lipinski definition) is 1. The molecule has 1 unspecified atom stereocenters. The molecule has 0 aliphatic carbocycles. The molecule has 0 amide bonds. The highest BCUT2D eigenvalue weighted by Crippen LogP contribution is 2.03. The Bertz CT molecular complexity index is 86.7. The molecule has 0 fully saturated rings. The molecule has 0 aromatic carbocycles. The van der Waals surface area contributed by atoms with Gasteiger partial charge in [0.2, 0.25) is 0 Å². The summed E-state index contributed by atoms with van der Waals surface area (Å²) in [5.74, 6) is 0. The molecule has 0 aliphatic heterocycles. The molecule has 0 aliphatic rings. The van der Waals surface area contributed by atoms with E-state index >= 15 is 0 Å². The van der Waals surface area contributed by atoms with Crippen LogP contribution in [-0.4, -0.2) is 11.2 Å². The van der Waals surface area contributed by atoms with Gasteiger partial charge in [-0.25, -0.2) is 0 Å². The highest BCUT2D eigenvalue weighted by molar-refractivity contribution is 4.84. The maximum Gasteiger partial charge on any atom is 0.0720 e. The Labute approximate surface area is 63.8 Å². The Morgan fingerprint density at radius 1 is 1.40 bits per heavy atom. The summed E-state index contributed by atoms with van der Waals surface area (Å²) in [6.07, 6.45) is 8.04. The van der Waals surface area contributed by atoms with Gasteiger partial charge >= 0.3 is 0 Å². The number of unbranched alkanes of at least 4 members (excludes halogenated alkanes) is 2. The predicted octanol–water partition coefficient (Wildman–Crippen LogP) is 2.50. The van der Waals surface area contributed by atoms with Gasteiger partial charge in [-0.3, -0.25) is 0 Å². The van der Waals surface area contributed by atoms with Crippen LogP contribution >= 0.6 is 0 Å². The summed E-state index contributed by atoms with van der Waals surface area (Å²) in [5.41, 5.74) is 0. The van der Waals surface area contributed by atoms with E-state index in [-0.39, 0.29) is 6.10 Å². The lowest BCUT2D eigenvalue weighted by Crippen LogP contribution is -2.00. The summed E-state index contributed by atoms with van der Waals surface area (Å²) in [5, 5.41) is 9.19. The number of rotatable bonds is 5. The average Bonchev–Trinajstić information content (AvgIpc) is 1.89. The third-order valence-electron chi connectivity index (χ3n) is 1.52. The molecule has 1 nitrogen and oxygen atoms in total. The largest absolute Gasteiger partial charge is 0.389 e. The molecule has 0 saturated heterocycles. The minimum Gasteiger partial charge on any atom is -0.389 e. The highest BCUT2D eigenvalue weighted by Gasteiger charge is 1.95. The van der Waals surface area contributed by atoms with E-state index in [9.17, 15) is 5.11 Å². The molecule has 0 bridgehead atoms. The van der Waals surface area contributed by atoms with Gasteiger partial charge in [0.05, 0.1) is 6.10 Å². The molecule has 0 aromatic heterocycles. The molecular weight excluding hydrogens is 124 g/mol. The van der Waals surface area contributed by atoms with Crippen LogP contribution in [0.25, 0.3) is 0 Å². The third kappa shape index (κ3) is 5.83. The van der Waals surface area contributed by atoms with Crippen LogP contribution in [-0.2, 0) is 0 Å². The smallest absolute Gasteiger partial charge is 0.0720 e. The second-order valence-electron chi connectivity index (χ2n) is 2.59. The fraction of sp³-hybridized carbons (Fsp3) is 0.778. The van der Waals surface area contributed by atoms with Gasteiger partial charge in [0, 0.05) is 0 Å². The van der Waals surface area contributed by atoms with Gasteiger partial charge in [-0.05, 0) is 13.3 Å². The maximum atomic E-state index is 9.19. The van der Waals surface area contributed by atoms with Crippen molar-refractivity contribution in [2.45, 2.75) is 45.6 Å². The topological polar surface area (TPSA) is 20.2 Å². The van der Waals surface area contributed by atoms with Crippen LogP contribution in [0.1, 0.15) is 39.5 Å². The van der Waals surface area contributed by atoms with Crippen molar-refractivity contribution in [2.24, 2.45) is 0 Å². The van der Waals surface area contributed by atoms with Crippen molar-refractivity contribution < 1.29 is 5.11 Å². The molecule has 60 valence electrons. The Kier molecular flexibility index (Phi) is 6.61. The van der Waals surface area contributed by atoms with Crippen molar-refractivity contribution in [3.63, 3.8) is 0 Å². The summed E-state index contributed by atoms with van der Waals surface area (Å²) >= 11 is 0. The van der Waals surface area contributed by atoms with Gasteiger partial charge in [-0.15, -0.1) is 0 Å². The van der Waals surface area contributed by atoms with Crippen LogP contribution < -0.4 is 0 Å². The normalized spacial score (nSPS) is 14.3. The number of allylic oxidation sites excluding steroid dienone is 1. The molecule has 0 spiro atoms. The van der Waals surface area contributed by atoms with Crippen molar-refractivity contribution in [2.75, 3.05) is 0 Å². The summed E-state index contributed by atoms with van der Waals surface area (Å²) in [4.78, 5) is 0. The van der Waals surface area contributed by atoms with E-state index in [1.807, 2.05) is 19.1 Å². The molecule has 0 radical (unpaired) electrons. The van der Waals surface area contributed by atoms with Crippen LogP contribution in [0.2, 0.25) is 0 Å². The van der Waals surface area contributed by atoms with Crippen LogP contribution in [0, 0.1) is 0 Å². The molecule has 0 aromatic rings. The summed E-state index contributed by atoms with van der Waals surface area (Å²) in [6.45, 7) is 4.10. The van der Waals surface area contributed by atoms with E-state index in [4.69, 9.17) is 0 Å². The molecule has 1 heteroatoms. The molecule has 0 saturated carbocycles. The molecule has 1 N–H and O–H groups in total. The first-order valence-corrected chi connectivity index (χ1v) is 4.12. The quantitative estimate of drug-likeness (QED) is 0.462. The van der Waals surface area contributed by atoms with E-state index in [1.54, 1.807) is 0 Å². The zero-order valence-corrected chi connectivity index (χ0v) is 7.01. The predicted molar refractivity (Wildman–Crippen MR) is 45.0 cm³/mol. The summed E-state index contributed by atoms with van der Waals surface area (Å²) in [7, 11) is 0. The fourth-order valence-electron chi connectivity index (χ4n) is 0.922. The van der Waals surface area contributed by atoms with Crippen molar-refractivity contribution in [1.82, 2.24) is 0 Å². The number of hydrogen-bond donors (Lipinski definition) is 1. The van der Waals surface area contributed by atoms with Crippen LogP contribution in [0.4, 0.5) is 0 Å². The molecule has 1 atom stereocenters. The van der Waals surface area contributed by atoms with Crippen molar-refractivity contribution in [1.29, 1.82) is 0 Å². The SMILES string of the molecule is C/C=C\C(O)CCCCC. The Morgan fingerprint density at radius 3 is 2.60 bits per heavy atom. The standard InChI is InChI=1S/C9H18O/c1-3-5-6-8-9(10)7-4-2/h4,7,9-10H,3,5-6,8H2,1-2H3/b7-4-. The lowest BCUT2D eigenvalue weighted by Gasteiger charge is -2.02. The molecule has 0 rings (SSSR count). The summed E-state index contributed by atoms with van der Waals surface area (Å²) in [6, 6.07) is 0. The Hall–Kier alpha value is -0.300. The van der Waals surface area contributed by atoms with Crippen LogP contribution in [0.5, 0.6) is 0 Å². The third-order valence-corrected chi connectivity index (χ3v) is 1.52. The zero-order valence-electron chi connectivity index (χ0n) is 7.01. The van der Waals surface area contributed by atoms with Crippen molar-refractivity contribution in [3.8, 4) is 0 Å². The number of aliphatic hydroxyl groups is 1. The second kappa shape index (κ2) is 6.81. The molecular formula is C9H18O. The first kappa shape index (κ1) is 9.70. The fourth-order valence-corrected chi connectivity index (χ4v) is 0.922. The molecule has 10 heavy (non-hydrogen) atoms. The van der Waals surface area contributed by atoms with Crippen LogP contribution in [0.3, 0.4) is 0 Å². The van der Waals surface area contributed by atoms with E-state index < -0.39 is 0 Å². The lowest BCUT2D eigenvalue weighted by molar-refractivity contribution is 0.208. The Balaban J connectivity index is 3.13.